The van der Waals surface area contributed by atoms with Crippen LogP contribution in [-0.4, -0.2) is 9.91 Å². The first-order valence-corrected chi connectivity index (χ1v) is 6.11. The van der Waals surface area contributed by atoms with Gasteiger partial charge in [0, 0.05) is 4.57 Å². The monoisotopic (exact) mass is 257 g/mol. The highest BCUT2D eigenvalue weighted by Crippen LogP contribution is 2.27. The van der Waals surface area contributed by atoms with E-state index in [1.807, 2.05) is 0 Å². The van der Waals surface area contributed by atoms with Crippen molar-refractivity contribution in [1.82, 2.24) is 0 Å². The lowest BCUT2D eigenvalue weighted by Crippen LogP contribution is -2.07. The first-order valence-electron chi connectivity index (χ1n) is 4.07. The maximum Gasteiger partial charge on any atom is 0.695 e. The van der Waals surface area contributed by atoms with Crippen molar-refractivity contribution in [3.05, 3.63) is 0 Å². The summed E-state index contributed by atoms with van der Waals surface area (Å²) >= 11 is 3.19. The summed E-state index contributed by atoms with van der Waals surface area (Å²) in [7, 11) is -2.48. The molecule has 0 aromatic carbocycles. The Morgan fingerprint density at radius 1 is 1.50 bits per heavy atom. The number of halogens is 1. The van der Waals surface area contributed by atoms with Crippen molar-refractivity contribution >= 4 is 24.2 Å². The van der Waals surface area contributed by atoms with Gasteiger partial charge in [-0.25, -0.2) is 0 Å². The standard InChI is InChI=1S/C7H14BrO3P/c1-3-6(4-2)5-7(8)11-12(9)10/h6-7H,3-5H2,1-2H3/p+1. The first kappa shape index (κ1) is 12.5. The minimum absolute atomic E-state index is 0.295. The van der Waals surface area contributed by atoms with Crippen molar-refractivity contribution in [2.45, 2.75) is 38.1 Å². The second kappa shape index (κ2) is 6.96. The summed E-state index contributed by atoms with van der Waals surface area (Å²) in [5.41, 5.74) is 0. The summed E-state index contributed by atoms with van der Waals surface area (Å²) in [4.78, 5) is 8.44. The van der Waals surface area contributed by atoms with Crippen LogP contribution in [0, 0.1) is 5.92 Å². The van der Waals surface area contributed by atoms with Crippen LogP contribution >= 0.6 is 24.2 Å². The summed E-state index contributed by atoms with van der Waals surface area (Å²) in [6.45, 7) is 4.21. The Morgan fingerprint density at radius 2 is 2.00 bits per heavy atom. The molecular weight excluding hydrogens is 243 g/mol. The summed E-state index contributed by atoms with van der Waals surface area (Å²) < 4.78 is 14.9. The number of hydrogen-bond acceptors (Lipinski definition) is 2. The van der Waals surface area contributed by atoms with E-state index in [4.69, 9.17) is 4.89 Å². The second-order valence-corrected chi connectivity index (χ2v) is 4.38. The molecule has 72 valence electrons. The van der Waals surface area contributed by atoms with E-state index in [1.54, 1.807) is 0 Å². The predicted molar refractivity (Wildman–Crippen MR) is 52.3 cm³/mol. The molecule has 12 heavy (non-hydrogen) atoms. The normalized spacial score (nSPS) is 14.9. The van der Waals surface area contributed by atoms with Gasteiger partial charge in [-0.2, -0.15) is 0 Å². The lowest BCUT2D eigenvalue weighted by Gasteiger charge is -2.12. The van der Waals surface area contributed by atoms with Gasteiger partial charge in [-0.05, 0) is 12.3 Å². The molecule has 0 radical (unpaired) electrons. The highest BCUT2D eigenvalue weighted by Gasteiger charge is 2.22. The molecule has 2 unspecified atom stereocenters. The first-order chi connectivity index (χ1) is 5.60. The molecule has 0 aliphatic carbocycles. The van der Waals surface area contributed by atoms with Crippen molar-refractivity contribution < 1.29 is 14.0 Å². The van der Waals surface area contributed by atoms with Gasteiger partial charge < -0.3 is 0 Å². The van der Waals surface area contributed by atoms with Crippen LogP contribution in [0.1, 0.15) is 33.1 Å². The highest BCUT2D eigenvalue weighted by atomic mass is 79.9. The second-order valence-electron chi connectivity index (χ2n) is 2.67. The van der Waals surface area contributed by atoms with E-state index in [-0.39, 0.29) is 5.01 Å². The molecule has 0 aromatic heterocycles. The molecule has 0 bridgehead atoms. The Bertz CT molecular complexity index is 139. The molecule has 0 aromatic rings. The quantitative estimate of drug-likeness (QED) is 0.587. The highest BCUT2D eigenvalue weighted by molar-refractivity contribution is 9.09. The number of hydrogen-bond donors (Lipinski definition) is 1. The Hall–Kier alpha value is 0.500. The van der Waals surface area contributed by atoms with Crippen LogP contribution in [0.2, 0.25) is 0 Å². The number of alkyl halides is 1. The van der Waals surface area contributed by atoms with Gasteiger partial charge in [-0.3, -0.25) is 0 Å². The fourth-order valence-electron chi connectivity index (χ4n) is 1.02. The maximum atomic E-state index is 10.3. The molecule has 0 saturated heterocycles. The van der Waals surface area contributed by atoms with Crippen molar-refractivity contribution in [2.24, 2.45) is 5.92 Å². The molecule has 0 aliphatic rings. The van der Waals surface area contributed by atoms with E-state index >= 15 is 0 Å². The molecule has 0 spiro atoms. The van der Waals surface area contributed by atoms with Gasteiger partial charge in [-0.1, -0.05) is 42.6 Å². The van der Waals surface area contributed by atoms with Gasteiger partial charge >= 0.3 is 8.25 Å². The van der Waals surface area contributed by atoms with E-state index in [9.17, 15) is 4.57 Å². The molecule has 3 nitrogen and oxygen atoms in total. The Kier molecular flexibility index (Phi) is 7.25. The van der Waals surface area contributed by atoms with Gasteiger partial charge in [0.05, 0.1) is 0 Å². The summed E-state index contributed by atoms with van der Waals surface area (Å²) in [6.07, 6.45) is 2.93. The zero-order chi connectivity index (χ0) is 9.56. The number of rotatable bonds is 6. The minimum atomic E-state index is -2.48. The Morgan fingerprint density at radius 3 is 2.33 bits per heavy atom. The van der Waals surface area contributed by atoms with E-state index in [2.05, 4.69) is 34.3 Å². The van der Waals surface area contributed by atoms with Crippen molar-refractivity contribution in [1.29, 1.82) is 0 Å². The van der Waals surface area contributed by atoms with Gasteiger partial charge in [0.15, 0.2) is 5.01 Å². The zero-order valence-corrected chi connectivity index (χ0v) is 9.85. The van der Waals surface area contributed by atoms with Crippen LogP contribution in [0.25, 0.3) is 0 Å². The molecular formula is C7H15BrO3P+. The van der Waals surface area contributed by atoms with Gasteiger partial charge in [0.2, 0.25) is 0 Å². The smallest absolute Gasteiger partial charge is 0.133 e. The van der Waals surface area contributed by atoms with Gasteiger partial charge in [0.1, 0.15) is 0 Å². The fraction of sp³-hybridized carbons (Fsp3) is 1.00. The average Bonchev–Trinajstić information content (AvgIpc) is 1.98. The molecule has 0 saturated carbocycles. The topological polar surface area (TPSA) is 46.5 Å². The largest absolute Gasteiger partial charge is 0.695 e. The molecule has 0 rings (SSSR count). The van der Waals surface area contributed by atoms with Crippen LogP contribution < -0.4 is 0 Å². The molecule has 0 aliphatic heterocycles. The lowest BCUT2D eigenvalue weighted by molar-refractivity contribution is 0.230. The third-order valence-electron chi connectivity index (χ3n) is 1.88. The van der Waals surface area contributed by atoms with E-state index in [1.165, 1.54) is 0 Å². The van der Waals surface area contributed by atoms with E-state index in [0.717, 1.165) is 19.3 Å². The summed E-state index contributed by atoms with van der Waals surface area (Å²) in [6, 6.07) is 0. The zero-order valence-electron chi connectivity index (χ0n) is 7.36. The van der Waals surface area contributed by atoms with E-state index in [0.29, 0.717) is 5.92 Å². The van der Waals surface area contributed by atoms with Crippen molar-refractivity contribution in [3.8, 4) is 0 Å². The predicted octanol–water partition coefficient (Wildman–Crippen LogP) is 3.20. The van der Waals surface area contributed by atoms with Gasteiger partial charge in [0.25, 0.3) is 0 Å². The molecule has 2 atom stereocenters. The molecule has 0 amide bonds. The Balaban J connectivity index is 3.65. The summed E-state index contributed by atoms with van der Waals surface area (Å²) in [5.74, 6) is 0.560. The Labute approximate surface area is 82.6 Å². The SMILES string of the molecule is CCC(CC)CC(Br)O[P+](=O)O. The van der Waals surface area contributed by atoms with E-state index < -0.39 is 8.25 Å². The van der Waals surface area contributed by atoms with Crippen LogP contribution in [0.15, 0.2) is 0 Å². The third kappa shape index (κ3) is 6.06. The van der Waals surface area contributed by atoms with Crippen LogP contribution in [0.5, 0.6) is 0 Å². The van der Waals surface area contributed by atoms with Crippen LogP contribution in [0.3, 0.4) is 0 Å². The van der Waals surface area contributed by atoms with Gasteiger partial charge in [-0.15, -0.1) is 9.42 Å². The maximum absolute atomic E-state index is 10.3. The van der Waals surface area contributed by atoms with Crippen LogP contribution in [-0.2, 0) is 9.09 Å². The lowest BCUT2D eigenvalue weighted by atomic mass is 10.0. The van der Waals surface area contributed by atoms with Crippen molar-refractivity contribution in [2.75, 3.05) is 0 Å². The summed E-state index contributed by atoms with van der Waals surface area (Å²) in [5, 5.41) is -0.295. The van der Waals surface area contributed by atoms with Crippen molar-refractivity contribution in [3.63, 3.8) is 0 Å². The molecule has 1 N–H and O–H groups in total. The fourth-order valence-corrected chi connectivity index (χ4v) is 2.26. The average molecular weight is 258 g/mol. The third-order valence-corrected chi connectivity index (χ3v) is 3.16. The minimum Gasteiger partial charge on any atom is -0.133 e. The molecule has 5 heteroatoms. The molecule has 0 heterocycles. The van der Waals surface area contributed by atoms with Crippen LogP contribution in [0.4, 0.5) is 0 Å². The molecule has 0 fully saturated rings.